The molecule has 6 nitrogen and oxygen atoms in total. The van der Waals surface area contributed by atoms with Gasteiger partial charge in [0, 0.05) is 12.3 Å². The van der Waals surface area contributed by atoms with Crippen LogP contribution in [0.15, 0.2) is 0 Å². The summed E-state index contributed by atoms with van der Waals surface area (Å²) in [6, 6.07) is 0. The molecular weight excluding hydrogens is 355 g/mol. The van der Waals surface area contributed by atoms with Crippen LogP contribution in [-0.2, 0) is 19.2 Å². The molecule has 1 amide bonds. The quantitative estimate of drug-likeness (QED) is 0.409. The third kappa shape index (κ3) is 8.57. The molecule has 0 rings (SSSR count). The zero-order valence-corrected chi connectivity index (χ0v) is 17.4. The van der Waals surface area contributed by atoms with Gasteiger partial charge in [0.25, 0.3) is 6.65 Å². The first-order chi connectivity index (χ1) is 10.6. The fourth-order valence-corrected chi connectivity index (χ4v) is 7.77. The van der Waals surface area contributed by atoms with Crippen LogP contribution in [0.5, 0.6) is 0 Å². The van der Waals surface area contributed by atoms with Crippen LogP contribution in [0.3, 0.4) is 0 Å². The number of rotatable bonds is 12. The van der Waals surface area contributed by atoms with Gasteiger partial charge in [0.2, 0.25) is 5.91 Å². The van der Waals surface area contributed by atoms with Crippen LogP contribution in [0.2, 0.25) is 0 Å². The molecule has 2 unspecified atom stereocenters. The van der Waals surface area contributed by atoms with Crippen LogP contribution in [-0.4, -0.2) is 49.8 Å². The Balaban J connectivity index is 4.77. The zero-order valence-electron chi connectivity index (χ0n) is 14.9. The number of amides is 1. The molecule has 2 atom stereocenters. The highest BCUT2D eigenvalue weighted by Crippen LogP contribution is 2.59. The van der Waals surface area contributed by atoms with Crippen molar-refractivity contribution in [1.29, 1.82) is 0 Å². The Hall–Kier alpha value is -0.0400. The van der Waals surface area contributed by atoms with Crippen molar-refractivity contribution >= 4 is 33.8 Å². The second-order valence-corrected chi connectivity index (χ2v) is 13.0. The molecule has 0 heterocycles. The van der Waals surface area contributed by atoms with E-state index in [1.165, 1.54) is 25.5 Å². The second kappa shape index (κ2) is 10.7. The van der Waals surface area contributed by atoms with Gasteiger partial charge in [-0.25, -0.2) is 13.5 Å². The SMILES string of the molecule is CCCCCCS(=O)(=O)CC(=O)N(C)P(=O)(NC)SC(C)CC. The van der Waals surface area contributed by atoms with Gasteiger partial charge < -0.3 is 0 Å². The average molecular weight is 387 g/mol. The lowest BCUT2D eigenvalue weighted by Gasteiger charge is -2.28. The molecule has 9 heteroatoms. The minimum absolute atomic E-state index is 0.00887. The normalized spacial score (nSPS) is 15.9. The number of hydrogen-bond acceptors (Lipinski definition) is 5. The number of nitrogens with one attached hydrogen (secondary N) is 1. The Kier molecular flexibility index (Phi) is 10.7. The van der Waals surface area contributed by atoms with Crippen LogP contribution in [0.1, 0.15) is 52.9 Å². The molecule has 23 heavy (non-hydrogen) atoms. The molecule has 0 saturated heterocycles. The molecule has 0 bridgehead atoms. The first kappa shape index (κ1) is 23.0. The molecule has 0 saturated carbocycles. The van der Waals surface area contributed by atoms with E-state index >= 15 is 0 Å². The maximum atomic E-state index is 12.8. The summed E-state index contributed by atoms with van der Waals surface area (Å²) >= 11 is 1.19. The fraction of sp³-hybridized carbons (Fsp3) is 0.929. The van der Waals surface area contributed by atoms with Crippen molar-refractivity contribution in [3.05, 3.63) is 0 Å². The molecule has 0 aliphatic carbocycles. The highest BCUT2D eigenvalue weighted by molar-refractivity contribution is 8.57. The van der Waals surface area contributed by atoms with Crippen LogP contribution in [0.4, 0.5) is 0 Å². The van der Waals surface area contributed by atoms with Gasteiger partial charge >= 0.3 is 0 Å². The molecule has 0 aliphatic heterocycles. The van der Waals surface area contributed by atoms with E-state index in [4.69, 9.17) is 0 Å². The third-order valence-corrected chi connectivity index (χ3v) is 11.0. The van der Waals surface area contributed by atoms with Crippen molar-refractivity contribution in [2.24, 2.45) is 0 Å². The number of unbranched alkanes of at least 4 members (excludes halogenated alkanes) is 3. The largest absolute Gasteiger partial charge is 0.294 e. The van der Waals surface area contributed by atoms with E-state index in [1.807, 2.05) is 13.8 Å². The molecule has 1 N–H and O–H groups in total. The van der Waals surface area contributed by atoms with E-state index in [1.54, 1.807) is 0 Å². The van der Waals surface area contributed by atoms with E-state index in [-0.39, 0.29) is 11.0 Å². The highest BCUT2D eigenvalue weighted by atomic mass is 32.7. The summed E-state index contributed by atoms with van der Waals surface area (Å²) in [4.78, 5) is 12.2. The number of carbonyl (C=O) groups excluding carboxylic acids is 1. The van der Waals surface area contributed by atoms with Gasteiger partial charge in [-0.15, -0.1) is 0 Å². The predicted molar refractivity (Wildman–Crippen MR) is 99.6 cm³/mol. The summed E-state index contributed by atoms with van der Waals surface area (Å²) < 4.78 is 38.0. The number of nitrogens with zero attached hydrogens (tertiary/aromatic N) is 1. The average Bonchev–Trinajstić information content (AvgIpc) is 2.49. The predicted octanol–water partition coefficient (Wildman–Crippen LogP) is 3.30. The molecule has 0 aromatic heterocycles. The van der Waals surface area contributed by atoms with Crippen molar-refractivity contribution in [2.45, 2.75) is 58.1 Å². The fourth-order valence-electron chi connectivity index (χ4n) is 1.84. The first-order valence-corrected chi connectivity index (χ1v) is 13.0. The standard InChI is InChI=1S/C14H31N2O4PS2/c1-6-8-9-10-11-23(19,20)12-14(17)16(5)21(18,15-4)22-13(3)7-2/h13H,6-12H2,1-5H3,(H,15,18). The van der Waals surface area contributed by atoms with E-state index < -0.39 is 28.1 Å². The minimum atomic E-state index is -3.46. The summed E-state index contributed by atoms with van der Waals surface area (Å²) in [5.41, 5.74) is 0. The van der Waals surface area contributed by atoms with Crippen LogP contribution in [0.25, 0.3) is 0 Å². The van der Waals surface area contributed by atoms with Crippen molar-refractivity contribution in [1.82, 2.24) is 9.76 Å². The number of sulfone groups is 1. The van der Waals surface area contributed by atoms with Crippen LogP contribution >= 0.6 is 18.0 Å². The monoisotopic (exact) mass is 386 g/mol. The van der Waals surface area contributed by atoms with Crippen LogP contribution < -0.4 is 5.09 Å². The molecule has 138 valence electrons. The summed E-state index contributed by atoms with van der Waals surface area (Å²) in [6.07, 6.45) is 4.25. The van der Waals surface area contributed by atoms with E-state index in [0.717, 1.165) is 30.4 Å². The zero-order chi connectivity index (χ0) is 18.1. The van der Waals surface area contributed by atoms with Gasteiger partial charge in [0.05, 0.1) is 5.75 Å². The van der Waals surface area contributed by atoms with Gasteiger partial charge in [0.1, 0.15) is 5.75 Å². The van der Waals surface area contributed by atoms with Crippen LogP contribution in [0, 0.1) is 0 Å². The molecular formula is C14H31N2O4PS2. The maximum absolute atomic E-state index is 12.8. The Labute approximate surface area is 145 Å². The molecule has 0 spiro atoms. The van der Waals surface area contributed by atoms with Crippen molar-refractivity contribution in [3.8, 4) is 0 Å². The van der Waals surface area contributed by atoms with Gasteiger partial charge in [-0.2, -0.15) is 0 Å². The molecule has 0 aromatic carbocycles. The molecule has 0 aliphatic rings. The first-order valence-electron chi connectivity index (χ1n) is 8.06. The van der Waals surface area contributed by atoms with Crippen molar-refractivity contribution in [3.63, 3.8) is 0 Å². The minimum Gasteiger partial charge on any atom is -0.275 e. The van der Waals surface area contributed by atoms with E-state index in [0.29, 0.717) is 6.42 Å². The Morgan fingerprint density at radius 2 is 1.87 bits per heavy atom. The van der Waals surface area contributed by atoms with Crippen molar-refractivity contribution in [2.75, 3.05) is 25.6 Å². The third-order valence-electron chi connectivity index (χ3n) is 3.59. The highest BCUT2D eigenvalue weighted by Gasteiger charge is 2.34. The van der Waals surface area contributed by atoms with Crippen molar-refractivity contribution < 1.29 is 17.8 Å². The number of carbonyl (C=O) groups is 1. The van der Waals surface area contributed by atoms with Gasteiger partial charge in [-0.3, -0.25) is 14.0 Å². The lowest BCUT2D eigenvalue weighted by atomic mass is 10.2. The summed E-state index contributed by atoms with van der Waals surface area (Å²) in [6.45, 7) is 2.80. The van der Waals surface area contributed by atoms with E-state index in [9.17, 15) is 17.8 Å². The number of hydrogen-bond donors (Lipinski definition) is 1. The molecule has 0 aromatic rings. The molecule has 0 fully saturated rings. The van der Waals surface area contributed by atoms with Gasteiger partial charge in [-0.1, -0.05) is 51.4 Å². The lowest BCUT2D eigenvalue weighted by molar-refractivity contribution is -0.123. The molecule has 0 radical (unpaired) electrons. The Morgan fingerprint density at radius 1 is 1.26 bits per heavy atom. The smallest absolute Gasteiger partial charge is 0.275 e. The topological polar surface area (TPSA) is 83.6 Å². The lowest BCUT2D eigenvalue weighted by Crippen LogP contribution is -2.33. The van der Waals surface area contributed by atoms with Gasteiger partial charge in [-0.05, 0) is 19.9 Å². The Bertz CT molecular complexity index is 511. The van der Waals surface area contributed by atoms with Gasteiger partial charge in [0.15, 0.2) is 9.84 Å². The van der Waals surface area contributed by atoms with E-state index in [2.05, 4.69) is 12.0 Å². The summed E-state index contributed by atoms with van der Waals surface area (Å²) in [5, 5.41) is 2.80. The second-order valence-electron chi connectivity index (χ2n) is 5.64. The Morgan fingerprint density at radius 3 is 2.35 bits per heavy atom. The summed E-state index contributed by atoms with van der Waals surface area (Å²) in [7, 11) is -0.527. The maximum Gasteiger partial charge on any atom is 0.294 e. The summed E-state index contributed by atoms with van der Waals surface area (Å²) in [5.74, 6) is -1.19.